The predicted octanol–water partition coefficient (Wildman–Crippen LogP) is 6.75. The summed E-state index contributed by atoms with van der Waals surface area (Å²) in [5.41, 5.74) is 1.83. The van der Waals surface area contributed by atoms with E-state index in [-0.39, 0.29) is 44.2 Å². The minimum Gasteiger partial charge on any atom is -0.354 e. The number of benzene rings is 3. The largest absolute Gasteiger partial charge is 0.354 e. The summed E-state index contributed by atoms with van der Waals surface area (Å²) in [6.07, 6.45) is 3.30. The summed E-state index contributed by atoms with van der Waals surface area (Å²) in [7, 11) is -3.65. The van der Waals surface area contributed by atoms with Gasteiger partial charge in [-0.2, -0.15) is 0 Å². The summed E-state index contributed by atoms with van der Waals surface area (Å²) in [6, 6.07) is 20.3. The Balaban J connectivity index is 1.91. The third-order valence-electron chi connectivity index (χ3n) is 6.74. The maximum atomic E-state index is 13.9. The molecule has 1 atom stereocenters. The highest BCUT2D eigenvalue weighted by Gasteiger charge is 2.31. The molecule has 2 amide bonds. The zero-order valence-electron chi connectivity index (χ0n) is 23.7. The maximum Gasteiger partial charge on any atom is 0.243 e. The number of sulfonamides is 1. The van der Waals surface area contributed by atoms with Crippen LogP contribution in [0.5, 0.6) is 0 Å². The first-order chi connectivity index (χ1) is 20.0. The second kappa shape index (κ2) is 16.2. The fourth-order valence-electron chi connectivity index (χ4n) is 4.55. The van der Waals surface area contributed by atoms with Crippen LogP contribution >= 0.6 is 34.8 Å². The van der Waals surface area contributed by atoms with E-state index < -0.39 is 16.1 Å². The first-order valence-corrected chi connectivity index (χ1v) is 16.8. The van der Waals surface area contributed by atoms with Gasteiger partial charge in [-0.05, 0) is 48.7 Å². The number of rotatable bonds is 15. The van der Waals surface area contributed by atoms with Crippen LogP contribution in [0.1, 0.15) is 43.7 Å². The summed E-state index contributed by atoms with van der Waals surface area (Å²) >= 11 is 19.1. The summed E-state index contributed by atoms with van der Waals surface area (Å²) < 4.78 is 26.4. The Bertz CT molecular complexity index is 1430. The monoisotopic (exact) mass is 651 g/mol. The fourth-order valence-corrected chi connectivity index (χ4v) is 6.21. The quantitative estimate of drug-likeness (QED) is 0.184. The van der Waals surface area contributed by atoms with Gasteiger partial charge >= 0.3 is 0 Å². The molecule has 0 unspecified atom stereocenters. The molecule has 0 aliphatic carbocycles. The number of carbonyl (C=O) groups is 2. The number of hydrogen-bond donors (Lipinski definition) is 1. The molecular weight excluding hydrogens is 617 g/mol. The molecule has 42 heavy (non-hydrogen) atoms. The van der Waals surface area contributed by atoms with E-state index in [0.717, 1.165) is 24.7 Å². The first kappa shape index (κ1) is 33.7. The zero-order chi connectivity index (χ0) is 30.7. The highest BCUT2D eigenvalue weighted by Crippen LogP contribution is 2.28. The van der Waals surface area contributed by atoms with E-state index in [1.165, 1.54) is 9.21 Å². The van der Waals surface area contributed by atoms with Crippen molar-refractivity contribution in [1.29, 1.82) is 0 Å². The van der Waals surface area contributed by atoms with Gasteiger partial charge in [-0.25, -0.2) is 8.42 Å². The number of unbranched alkanes of at least 4 members (excludes halogenated alkanes) is 1. The molecule has 1 N–H and O–H groups in total. The van der Waals surface area contributed by atoms with Crippen molar-refractivity contribution >= 4 is 62.3 Å². The van der Waals surface area contributed by atoms with Crippen molar-refractivity contribution in [3.63, 3.8) is 0 Å². The standard InChI is InChI=1S/C31H36Cl3N3O4S/c1-3-4-18-35-31(39)29(20-23-11-6-5-7-12-23)36(22-26-27(33)15-9-16-28(26)34)30(38)17-10-19-37(42(2,40)41)25-14-8-13-24(32)21-25/h5-9,11-16,21,29H,3-4,10,17-20,22H2,1-2H3,(H,35,39)/t29-/m1/s1. The van der Waals surface area contributed by atoms with E-state index in [1.54, 1.807) is 42.5 Å². The van der Waals surface area contributed by atoms with E-state index in [2.05, 4.69) is 5.32 Å². The molecular formula is C31H36Cl3N3O4S. The van der Waals surface area contributed by atoms with Crippen LogP contribution in [0.3, 0.4) is 0 Å². The highest BCUT2D eigenvalue weighted by molar-refractivity contribution is 7.92. The van der Waals surface area contributed by atoms with Crippen molar-refractivity contribution in [2.24, 2.45) is 0 Å². The van der Waals surface area contributed by atoms with E-state index in [0.29, 0.717) is 32.9 Å². The Morgan fingerprint density at radius 1 is 0.905 bits per heavy atom. The lowest BCUT2D eigenvalue weighted by molar-refractivity contribution is -0.141. The maximum absolute atomic E-state index is 13.9. The number of anilines is 1. The Morgan fingerprint density at radius 2 is 1.57 bits per heavy atom. The zero-order valence-corrected chi connectivity index (χ0v) is 26.8. The van der Waals surface area contributed by atoms with E-state index in [1.807, 2.05) is 37.3 Å². The summed E-state index contributed by atoms with van der Waals surface area (Å²) in [5, 5.41) is 4.14. The third kappa shape index (κ3) is 9.90. The lowest BCUT2D eigenvalue weighted by Gasteiger charge is -2.32. The smallest absolute Gasteiger partial charge is 0.243 e. The summed E-state index contributed by atoms with van der Waals surface area (Å²) in [5.74, 6) is -0.599. The molecule has 7 nitrogen and oxygen atoms in total. The van der Waals surface area contributed by atoms with Gasteiger partial charge < -0.3 is 10.2 Å². The molecule has 11 heteroatoms. The molecule has 0 aromatic heterocycles. The number of nitrogens with one attached hydrogen (secondary N) is 1. The van der Waals surface area contributed by atoms with Gasteiger partial charge in [-0.1, -0.05) is 90.6 Å². The average Bonchev–Trinajstić information content (AvgIpc) is 2.94. The Morgan fingerprint density at radius 3 is 2.19 bits per heavy atom. The molecule has 3 aromatic rings. The Hall–Kier alpha value is -2.78. The van der Waals surface area contributed by atoms with Crippen LogP contribution in [0, 0.1) is 0 Å². The topological polar surface area (TPSA) is 86.8 Å². The number of hydrogen-bond acceptors (Lipinski definition) is 4. The van der Waals surface area contributed by atoms with Crippen molar-refractivity contribution < 1.29 is 18.0 Å². The van der Waals surface area contributed by atoms with E-state index in [4.69, 9.17) is 34.8 Å². The van der Waals surface area contributed by atoms with Crippen LogP contribution in [0.25, 0.3) is 0 Å². The molecule has 226 valence electrons. The number of carbonyl (C=O) groups excluding carboxylic acids is 2. The second-order valence-electron chi connectivity index (χ2n) is 9.99. The molecule has 0 aliphatic rings. The van der Waals surface area contributed by atoms with Gasteiger partial charge in [0.25, 0.3) is 0 Å². The van der Waals surface area contributed by atoms with E-state index >= 15 is 0 Å². The minimum absolute atomic E-state index is 0.0117. The minimum atomic E-state index is -3.65. The van der Waals surface area contributed by atoms with Gasteiger partial charge in [0.1, 0.15) is 6.04 Å². The summed E-state index contributed by atoms with van der Waals surface area (Å²) in [6.45, 7) is 2.59. The van der Waals surface area contributed by atoms with Crippen LogP contribution in [0.15, 0.2) is 72.8 Å². The third-order valence-corrected chi connectivity index (χ3v) is 8.88. The van der Waals surface area contributed by atoms with Gasteiger partial charge in [-0.15, -0.1) is 0 Å². The Labute approximate surface area is 263 Å². The van der Waals surface area contributed by atoms with Crippen molar-refractivity contribution in [2.75, 3.05) is 23.7 Å². The predicted molar refractivity (Wildman–Crippen MR) is 172 cm³/mol. The van der Waals surface area contributed by atoms with Crippen LogP contribution in [0.4, 0.5) is 5.69 Å². The SMILES string of the molecule is CCCCNC(=O)[C@@H](Cc1ccccc1)N(Cc1c(Cl)cccc1Cl)C(=O)CCCN(c1cccc(Cl)c1)S(C)(=O)=O. The molecule has 3 aromatic carbocycles. The molecule has 0 saturated carbocycles. The van der Waals surface area contributed by atoms with Gasteiger partial charge in [0.15, 0.2) is 0 Å². The normalized spacial score (nSPS) is 12.0. The van der Waals surface area contributed by atoms with Crippen molar-refractivity contribution in [3.8, 4) is 0 Å². The molecule has 0 bridgehead atoms. The van der Waals surface area contributed by atoms with Crippen LogP contribution in [0.2, 0.25) is 15.1 Å². The van der Waals surface area contributed by atoms with Gasteiger partial charge in [0.2, 0.25) is 21.8 Å². The molecule has 3 rings (SSSR count). The van der Waals surface area contributed by atoms with Gasteiger partial charge in [0, 0.05) is 53.1 Å². The van der Waals surface area contributed by atoms with Gasteiger partial charge in [-0.3, -0.25) is 13.9 Å². The van der Waals surface area contributed by atoms with Crippen molar-refractivity contribution in [2.45, 2.75) is 51.6 Å². The number of nitrogens with zero attached hydrogens (tertiary/aromatic N) is 2. The summed E-state index contributed by atoms with van der Waals surface area (Å²) in [4.78, 5) is 29.0. The molecule has 0 spiro atoms. The van der Waals surface area contributed by atoms with Gasteiger partial charge in [0.05, 0.1) is 11.9 Å². The van der Waals surface area contributed by atoms with Crippen LogP contribution in [-0.2, 0) is 32.6 Å². The highest BCUT2D eigenvalue weighted by atomic mass is 35.5. The van der Waals surface area contributed by atoms with Crippen LogP contribution in [-0.4, -0.2) is 50.5 Å². The fraction of sp³-hybridized carbons (Fsp3) is 0.355. The molecule has 0 radical (unpaired) electrons. The van der Waals surface area contributed by atoms with Crippen molar-refractivity contribution in [3.05, 3.63) is 99.0 Å². The molecule has 0 fully saturated rings. The van der Waals surface area contributed by atoms with E-state index in [9.17, 15) is 18.0 Å². The molecule has 0 saturated heterocycles. The molecule has 0 aliphatic heterocycles. The Kier molecular flexibility index (Phi) is 13.0. The molecule has 0 heterocycles. The second-order valence-corrected chi connectivity index (χ2v) is 13.1. The lowest BCUT2D eigenvalue weighted by atomic mass is 10.0. The number of amides is 2. The van der Waals surface area contributed by atoms with Crippen LogP contribution < -0.4 is 9.62 Å². The lowest BCUT2D eigenvalue weighted by Crippen LogP contribution is -2.50. The van der Waals surface area contributed by atoms with Crippen molar-refractivity contribution in [1.82, 2.24) is 10.2 Å². The average molecular weight is 653 g/mol. The first-order valence-electron chi connectivity index (χ1n) is 13.8. The number of halogens is 3.